The number of ether oxygens (including phenoxy) is 1. The molecule has 0 bridgehead atoms. The molecule has 3 heteroatoms. The number of nitrogens with one attached hydrogen (secondary N) is 1. The second kappa shape index (κ2) is 5.75. The average molecular weight is 230 g/mol. The summed E-state index contributed by atoms with van der Waals surface area (Å²) in [6, 6.07) is 10.3. The number of nitrogens with zero attached hydrogens (tertiary/aromatic N) is 1. The van der Waals surface area contributed by atoms with E-state index in [1.165, 1.54) is 10.9 Å². The van der Waals surface area contributed by atoms with E-state index in [9.17, 15) is 0 Å². The van der Waals surface area contributed by atoms with Crippen molar-refractivity contribution in [3.63, 3.8) is 0 Å². The molecule has 2 rings (SSSR count). The van der Waals surface area contributed by atoms with Gasteiger partial charge in [-0.3, -0.25) is 4.98 Å². The molecule has 0 saturated carbocycles. The molecule has 0 atom stereocenters. The van der Waals surface area contributed by atoms with E-state index >= 15 is 0 Å². The normalized spacial score (nSPS) is 10.9. The molecule has 0 amide bonds. The smallest absolute Gasteiger partial charge is 0.0724 e. The Balaban J connectivity index is 2.20. The first kappa shape index (κ1) is 12.0. The minimum absolute atomic E-state index is 0.644. The third kappa shape index (κ3) is 3.02. The average Bonchev–Trinajstić information content (AvgIpc) is 2.34. The van der Waals surface area contributed by atoms with Crippen LogP contribution in [0.15, 0.2) is 30.3 Å². The number of aromatic nitrogens is 1. The fourth-order valence-electron chi connectivity index (χ4n) is 1.87. The van der Waals surface area contributed by atoms with E-state index in [-0.39, 0.29) is 0 Å². The molecule has 1 N–H and O–H groups in total. The first-order valence-electron chi connectivity index (χ1n) is 5.89. The number of benzene rings is 1. The van der Waals surface area contributed by atoms with Gasteiger partial charge in [0.1, 0.15) is 0 Å². The molecular formula is C14H18N2O. The largest absolute Gasteiger partial charge is 0.375 e. The molecule has 17 heavy (non-hydrogen) atoms. The van der Waals surface area contributed by atoms with Gasteiger partial charge in [0.15, 0.2) is 0 Å². The van der Waals surface area contributed by atoms with Crippen LogP contribution in [0.4, 0.5) is 0 Å². The molecule has 3 nitrogen and oxygen atoms in total. The highest BCUT2D eigenvalue weighted by molar-refractivity contribution is 5.82. The summed E-state index contributed by atoms with van der Waals surface area (Å²) in [6.07, 6.45) is 0. The molecule has 2 aromatic rings. The topological polar surface area (TPSA) is 34.1 Å². The lowest BCUT2D eigenvalue weighted by atomic mass is 10.1. The second-order valence-electron chi connectivity index (χ2n) is 4.10. The van der Waals surface area contributed by atoms with Gasteiger partial charge in [-0.25, -0.2) is 0 Å². The Bertz CT molecular complexity index is 497. The fraction of sp³-hybridized carbons (Fsp3) is 0.357. The SMILES string of the molecule is CNCCOCc1cc(C)nc2ccccc12. The quantitative estimate of drug-likeness (QED) is 0.800. The summed E-state index contributed by atoms with van der Waals surface area (Å²) in [6.45, 7) is 4.27. The van der Waals surface area contributed by atoms with Gasteiger partial charge in [-0.1, -0.05) is 18.2 Å². The van der Waals surface area contributed by atoms with Crippen LogP contribution >= 0.6 is 0 Å². The zero-order chi connectivity index (χ0) is 12.1. The van der Waals surface area contributed by atoms with Crippen LogP contribution in [-0.4, -0.2) is 25.2 Å². The van der Waals surface area contributed by atoms with Crippen LogP contribution in [0.5, 0.6) is 0 Å². The van der Waals surface area contributed by atoms with Crippen LogP contribution in [0.3, 0.4) is 0 Å². The molecule has 90 valence electrons. The van der Waals surface area contributed by atoms with Crippen molar-refractivity contribution in [3.8, 4) is 0 Å². The van der Waals surface area contributed by atoms with Crippen LogP contribution in [-0.2, 0) is 11.3 Å². The van der Waals surface area contributed by atoms with Crippen LogP contribution < -0.4 is 5.32 Å². The molecule has 1 aromatic carbocycles. The van der Waals surface area contributed by atoms with Gasteiger partial charge < -0.3 is 10.1 Å². The second-order valence-corrected chi connectivity index (χ2v) is 4.10. The number of fused-ring (bicyclic) bond motifs is 1. The van der Waals surface area contributed by atoms with E-state index in [0.29, 0.717) is 6.61 Å². The summed E-state index contributed by atoms with van der Waals surface area (Å²) in [5, 5.41) is 4.25. The van der Waals surface area contributed by atoms with Crippen molar-refractivity contribution in [2.45, 2.75) is 13.5 Å². The van der Waals surface area contributed by atoms with Crippen molar-refractivity contribution in [1.82, 2.24) is 10.3 Å². The van der Waals surface area contributed by atoms with Gasteiger partial charge in [0.25, 0.3) is 0 Å². The number of rotatable bonds is 5. The molecule has 1 heterocycles. The lowest BCUT2D eigenvalue weighted by Crippen LogP contribution is -2.14. The number of aryl methyl sites for hydroxylation is 1. The summed E-state index contributed by atoms with van der Waals surface area (Å²) in [4.78, 5) is 4.51. The lowest BCUT2D eigenvalue weighted by Gasteiger charge is -2.08. The molecular weight excluding hydrogens is 212 g/mol. The Morgan fingerprint density at radius 2 is 2.12 bits per heavy atom. The summed E-state index contributed by atoms with van der Waals surface area (Å²) in [5.41, 5.74) is 3.29. The Labute approximate surface area is 102 Å². The highest BCUT2D eigenvalue weighted by Gasteiger charge is 2.03. The molecule has 0 saturated heterocycles. The minimum Gasteiger partial charge on any atom is -0.375 e. The highest BCUT2D eigenvalue weighted by atomic mass is 16.5. The van der Waals surface area contributed by atoms with Crippen molar-refractivity contribution < 1.29 is 4.74 Å². The minimum atomic E-state index is 0.644. The van der Waals surface area contributed by atoms with Crippen molar-refractivity contribution in [1.29, 1.82) is 0 Å². The van der Waals surface area contributed by atoms with Crippen LogP contribution in [0.2, 0.25) is 0 Å². The maximum Gasteiger partial charge on any atom is 0.0724 e. The first-order valence-corrected chi connectivity index (χ1v) is 5.89. The molecule has 0 aliphatic carbocycles. The third-order valence-corrected chi connectivity index (χ3v) is 2.68. The van der Waals surface area contributed by atoms with Crippen molar-refractivity contribution in [2.24, 2.45) is 0 Å². The lowest BCUT2D eigenvalue weighted by molar-refractivity contribution is 0.125. The number of pyridine rings is 1. The Kier molecular flexibility index (Phi) is 4.07. The number of hydrogen-bond donors (Lipinski definition) is 1. The summed E-state index contributed by atoms with van der Waals surface area (Å²) >= 11 is 0. The van der Waals surface area contributed by atoms with Crippen molar-refractivity contribution in [3.05, 3.63) is 41.6 Å². The maximum atomic E-state index is 5.63. The van der Waals surface area contributed by atoms with Crippen LogP contribution in [0.25, 0.3) is 10.9 Å². The summed E-state index contributed by atoms with van der Waals surface area (Å²) < 4.78 is 5.63. The molecule has 1 aromatic heterocycles. The Morgan fingerprint density at radius 1 is 1.29 bits per heavy atom. The number of para-hydroxylation sites is 1. The Hall–Kier alpha value is -1.45. The summed E-state index contributed by atoms with van der Waals surface area (Å²) in [7, 11) is 1.93. The van der Waals surface area contributed by atoms with E-state index in [2.05, 4.69) is 22.4 Å². The zero-order valence-electron chi connectivity index (χ0n) is 10.4. The van der Waals surface area contributed by atoms with E-state index in [0.717, 1.165) is 24.4 Å². The van der Waals surface area contributed by atoms with Crippen LogP contribution in [0.1, 0.15) is 11.3 Å². The van der Waals surface area contributed by atoms with Gasteiger partial charge in [0.2, 0.25) is 0 Å². The van der Waals surface area contributed by atoms with Gasteiger partial charge in [-0.2, -0.15) is 0 Å². The maximum absolute atomic E-state index is 5.63. The predicted octanol–water partition coefficient (Wildman–Crippen LogP) is 2.28. The van der Waals surface area contributed by atoms with Gasteiger partial charge >= 0.3 is 0 Å². The number of likely N-dealkylation sites (N-methyl/N-ethyl adjacent to an activating group) is 1. The molecule has 0 aliphatic heterocycles. The third-order valence-electron chi connectivity index (χ3n) is 2.68. The predicted molar refractivity (Wildman–Crippen MR) is 70.1 cm³/mol. The monoisotopic (exact) mass is 230 g/mol. The van der Waals surface area contributed by atoms with E-state index in [1.807, 2.05) is 32.2 Å². The molecule has 0 spiro atoms. The number of hydrogen-bond acceptors (Lipinski definition) is 3. The van der Waals surface area contributed by atoms with Gasteiger partial charge in [0, 0.05) is 17.6 Å². The van der Waals surface area contributed by atoms with Gasteiger partial charge in [0.05, 0.1) is 18.7 Å². The Morgan fingerprint density at radius 3 is 2.94 bits per heavy atom. The van der Waals surface area contributed by atoms with Gasteiger partial charge in [-0.05, 0) is 31.7 Å². The van der Waals surface area contributed by atoms with Gasteiger partial charge in [-0.15, -0.1) is 0 Å². The van der Waals surface area contributed by atoms with E-state index < -0.39 is 0 Å². The van der Waals surface area contributed by atoms with Crippen molar-refractivity contribution >= 4 is 10.9 Å². The summed E-state index contributed by atoms with van der Waals surface area (Å²) in [5.74, 6) is 0. The van der Waals surface area contributed by atoms with E-state index in [4.69, 9.17) is 4.74 Å². The molecule has 0 unspecified atom stereocenters. The van der Waals surface area contributed by atoms with E-state index in [1.54, 1.807) is 0 Å². The van der Waals surface area contributed by atoms with Crippen molar-refractivity contribution in [2.75, 3.05) is 20.2 Å². The highest BCUT2D eigenvalue weighted by Crippen LogP contribution is 2.18. The standard InChI is InChI=1S/C14H18N2O/c1-11-9-12(10-17-8-7-15-2)13-5-3-4-6-14(13)16-11/h3-6,9,15H,7-8,10H2,1-2H3. The first-order chi connectivity index (χ1) is 8.31. The fourth-order valence-corrected chi connectivity index (χ4v) is 1.87. The molecule has 0 aliphatic rings. The van der Waals surface area contributed by atoms with Crippen LogP contribution in [0, 0.1) is 6.92 Å². The molecule has 0 radical (unpaired) electrons. The zero-order valence-corrected chi connectivity index (χ0v) is 10.4. The molecule has 0 fully saturated rings.